The third-order valence-corrected chi connectivity index (χ3v) is 2.72. The van der Waals surface area contributed by atoms with Crippen LogP contribution in [0.5, 0.6) is 5.75 Å². The van der Waals surface area contributed by atoms with Gasteiger partial charge in [0.05, 0.1) is 22.9 Å². The molecule has 2 rings (SSSR count). The largest absolute Gasteiger partial charge is 0.491 e. The van der Waals surface area contributed by atoms with Crippen molar-refractivity contribution in [3.8, 4) is 5.75 Å². The molecular weight excluding hydrogens is 282 g/mol. The number of nitro benzene ring substituents is 1. The molecule has 1 N–H and O–H groups in total. The van der Waals surface area contributed by atoms with Crippen LogP contribution in [-0.2, 0) is 0 Å². The van der Waals surface area contributed by atoms with Crippen molar-refractivity contribution in [1.29, 1.82) is 0 Å². The summed E-state index contributed by atoms with van der Waals surface area (Å²) in [7, 11) is 0. The van der Waals surface area contributed by atoms with Crippen LogP contribution in [0.25, 0.3) is 0 Å². The number of benzene rings is 2. The molecule has 0 heterocycles. The van der Waals surface area contributed by atoms with Crippen LogP contribution in [0, 0.1) is 10.1 Å². The van der Waals surface area contributed by atoms with Gasteiger partial charge in [-0.2, -0.15) is 5.10 Å². The molecule has 114 valence electrons. The molecule has 0 saturated heterocycles. The molecule has 0 aliphatic rings. The minimum Gasteiger partial charge on any atom is -0.491 e. The zero-order valence-electron chi connectivity index (χ0n) is 12.4. The number of nitrogens with one attached hydrogen (secondary N) is 1. The molecule has 0 radical (unpaired) electrons. The van der Waals surface area contributed by atoms with E-state index in [2.05, 4.69) is 10.5 Å². The SMILES string of the molecule is CC(C)Oc1cccc(/C=N/Nc2ccc([N+](=O)[O-])cc2)c1. The predicted molar refractivity (Wildman–Crippen MR) is 86.5 cm³/mol. The second-order valence-corrected chi connectivity index (χ2v) is 4.91. The number of nitrogens with zero attached hydrogens (tertiary/aromatic N) is 2. The first kappa shape index (κ1) is 15.5. The maximum atomic E-state index is 10.6. The molecule has 2 aromatic carbocycles. The van der Waals surface area contributed by atoms with E-state index in [-0.39, 0.29) is 11.8 Å². The Bertz CT molecular complexity index is 667. The monoisotopic (exact) mass is 299 g/mol. The summed E-state index contributed by atoms with van der Waals surface area (Å²) in [6.07, 6.45) is 1.78. The Labute approximate surface area is 128 Å². The molecule has 6 heteroatoms. The molecule has 0 aliphatic carbocycles. The zero-order valence-corrected chi connectivity index (χ0v) is 12.4. The molecule has 0 saturated carbocycles. The normalized spacial score (nSPS) is 10.9. The Morgan fingerprint density at radius 3 is 2.59 bits per heavy atom. The maximum Gasteiger partial charge on any atom is 0.269 e. The third kappa shape index (κ3) is 4.59. The van der Waals surface area contributed by atoms with Crippen LogP contribution < -0.4 is 10.2 Å². The average molecular weight is 299 g/mol. The van der Waals surface area contributed by atoms with Gasteiger partial charge in [-0.1, -0.05) is 12.1 Å². The maximum absolute atomic E-state index is 10.6. The van der Waals surface area contributed by atoms with E-state index in [0.29, 0.717) is 5.69 Å². The summed E-state index contributed by atoms with van der Waals surface area (Å²) in [5.74, 6) is 0.786. The second-order valence-electron chi connectivity index (χ2n) is 4.91. The van der Waals surface area contributed by atoms with Crippen molar-refractivity contribution >= 4 is 17.6 Å². The van der Waals surface area contributed by atoms with E-state index in [4.69, 9.17) is 4.74 Å². The summed E-state index contributed by atoms with van der Waals surface area (Å²) in [6, 6.07) is 13.6. The van der Waals surface area contributed by atoms with Crippen LogP contribution in [0.4, 0.5) is 11.4 Å². The van der Waals surface area contributed by atoms with Crippen LogP contribution in [0.15, 0.2) is 53.6 Å². The van der Waals surface area contributed by atoms with E-state index in [0.717, 1.165) is 11.3 Å². The Kier molecular flexibility index (Phi) is 5.08. The van der Waals surface area contributed by atoms with Crippen LogP contribution in [0.3, 0.4) is 0 Å². The molecule has 0 amide bonds. The molecule has 0 unspecified atom stereocenters. The fourth-order valence-electron chi connectivity index (χ4n) is 1.78. The Hall–Kier alpha value is -2.89. The van der Waals surface area contributed by atoms with Crippen LogP contribution in [0.1, 0.15) is 19.4 Å². The lowest BCUT2D eigenvalue weighted by atomic mass is 10.2. The first-order valence-electron chi connectivity index (χ1n) is 6.85. The Morgan fingerprint density at radius 1 is 1.23 bits per heavy atom. The molecular formula is C16H17N3O3. The van der Waals surface area contributed by atoms with Crippen LogP contribution in [-0.4, -0.2) is 17.2 Å². The Morgan fingerprint density at radius 2 is 1.95 bits per heavy atom. The van der Waals surface area contributed by atoms with Gasteiger partial charge in [0.25, 0.3) is 5.69 Å². The number of non-ortho nitro benzene ring substituents is 1. The fourth-order valence-corrected chi connectivity index (χ4v) is 1.78. The number of anilines is 1. The number of hydrogen-bond donors (Lipinski definition) is 1. The summed E-state index contributed by atoms with van der Waals surface area (Å²) in [5.41, 5.74) is 4.45. The fraction of sp³-hybridized carbons (Fsp3) is 0.188. The third-order valence-electron chi connectivity index (χ3n) is 2.72. The highest BCUT2D eigenvalue weighted by molar-refractivity contribution is 5.80. The van der Waals surface area contributed by atoms with Gasteiger partial charge in [-0.3, -0.25) is 15.5 Å². The number of ether oxygens (including phenoxy) is 1. The molecule has 0 aliphatic heterocycles. The molecule has 22 heavy (non-hydrogen) atoms. The van der Waals surface area contributed by atoms with Crippen molar-refractivity contribution in [2.75, 3.05) is 5.43 Å². The van der Waals surface area contributed by atoms with Gasteiger partial charge in [0.15, 0.2) is 0 Å². The van der Waals surface area contributed by atoms with E-state index < -0.39 is 4.92 Å². The van der Waals surface area contributed by atoms with Crippen LogP contribution >= 0.6 is 0 Å². The standard InChI is InChI=1S/C16H17N3O3/c1-12(2)22-16-5-3-4-13(10-16)11-17-18-14-6-8-15(9-7-14)19(20)21/h3-12,18H,1-2H3/b17-11+. The summed E-state index contributed by atoms with van der Waals surface area (Å²) in [4.78, 5) is 10.1. The van der Waals surface area contributed by atoms with E-state index in [1.165, 1.54) is 12.1 Å². The summed E-state index contributed by atoms with van der Waals surface area (Å²) in [5, 5.41) is 14.7. The van der Waals surface area contributed by atoms with E-state index in [9.17, 15) is 10.1 Å². The average Bonchev–Trinajstić information content (AvgIpc) is 2.47. The van der Waals surface area contributed by atoms with E-state index in [1.54, 1.807) is 18.3 Å². The minimum atomic E-state index is -0.437. The molecule has 0 bridgehead atoms. The zero-order chi connectivity index (χ0) is 15.9. The van der Waals surface area contributed by atoms with E-state index in [1.807, 2.05) is 38.1 Å². The number of rotatable bonds is 6. The highest BCUT2D eigenvalue weighted by atomic mass is 16.6. The van der Waals surface area contributed by atoms with Gasteiger partial charge in [0, 0.05) is 12.1 Å². The minimum absolute atomic E-state index is 0.0491. The smallest absolute Gasteiger partial charge is 0.269 e. The summed E-state index contributed by atoms with van der Waals surface area (Å²) in [6.45, 7) is 3.94. The van der Waals surface area contributed by atoms with Gasteiger partial charge in [0.2, 0.25) is 0 Å². The predicted octanol–water partition coefficient (Wildman–Crippen LogP) is 3.83. The van der Waals surface area contributed by atoms with Gasteiger partial charge >= 0.3 is 0 Å². The number of nitro groups is 1. The molecule has 0 atom stereocenters. The Balaban J connectivity index is 1.98. The van der Waals surface area contributed by atoms with Crippen LogP contribution in [0.2, 0.25) is 0 Å². The van der Waals surface area contributed by atoms with E-state index >= 15 is 0 Å². The highest BCUT2D eigenvalue weighted by Gasteiger charge is 2.03. The highest BCUT2D eigenvalue weighted by Crippen LogP contribution is 2.16. The number of hydrogen-bond acceptors (Lipinski definition) is 5. The summed E-state index contributed by atoms with van der Waals surface area (Å²) >= 11 is 0. The van der Waals surface area contributed by atoms with Gasteiger partial charge in [-0.05, 0) is 43.7 Å². The molecule has 0 spiro atoms. The molecule has 0 fully saturated rings. The topological polar surface area (TPSA) is 76.8 Å². The lowest BCUT2D eigenvalue weighted by Crippen LogP contribution is -2.05. The van der Waals surface area contributed by atoms with Gasteiger partial charge in [-0.25, -0.2) is 0 Å². The van der Waals surface area contributed by atoms with Gasteiger partial charge in [0.1, 0.15) is 5.75 Å². The first-order valence-corrected chi connectivity index (χ1v) is 6.85. The van der Waals surface area contributed by atoms with Crippen molar-refractivity contribution in [3.05, 3.63) is 64.2 Å². The first-order chi connectivity index (χ1) is 10.5. The van der Waals surface area contributed by atoms with Crippen molar-refractivity contribution in [2.45, 2.75) is 20.0 Å². The van der Waals surface area contributed by atoms with Crippen molar-refractivity contribution in [2.24, 2.45) is 5.10 Å². The van der Waals surface area contributed by atoms with Crippen molar-refractivity contribution < 1.29 is 9.66 Å². The lowest BCUT2D eigenvalue weighted by molar-refractivity contribution is -0.384. The van der Waals surface area contributed by atoms with Gasteiger partial charge < -0.3 is 4.74 Å². The van der Waals surface area contributed by atoms with Crippen molar-refractivity contribution in [3.63, 3.8) is 0 Å². The summed E-state index contributed by atoms with van der Waals surface area (Å²) < 4.78 is 5.61. The van der Waals surface area contributed by atoms with Gasteiger partial charge in [-0.15, -0.1) is 0 Å². The lowest BCUT2D eigenvalue weighted by Gasteiger charge is -2.09. The quantitative estimate of drug-likeness (QED) is 0.499. The molecule has 0 aromatic heterocycles. The molecule has 6 nitrogen and oxygen atoms in total. The molecule has 2 aromatic rings. The second kappa shape index (κ2) is 7.21. The number of hydrazone groups is 1. The van der Waals surface area contributed by atoms with Crippen molar-refractivity contribution in [1.82, 2.24) is 0 Å².